The van der Waals surface area contributed by atoms with Gasteiger partial charge in [-0.2, -0.15) is 0 Å². The lowest BCUT2D eigenvalue weighted by atomic mass is 9.94. The summed E-state index contributed by atoms with van der Waals surface area (Å²) in [7, 11) is 0. The van der Waals surface area contributed by atoms with Gasteiger partial charge in [-0.3, -0.25) is 4.79 Å². The van der Waals surface area contributed by atoms with E-state index in [2.05, 4.69) is 0 Å². The molecule has 0 fully saturated rings. The summed E-state index contributed by atoms with van der Waals surface area (Å²) in [6.45, 7) is 4.10. The lowest BCUT2D eigenvalue weighted by Gasteiger charge is -2.13. The molecule has 104 valence electrons. The van der Waals surface area contributed by atoms with Gasteiger partial charge in [0.2, 0.25) is 0 Å². The van der Waals surface area contributed by atoms with E-state index < -0.39 is 0 Å². The van der Waals surface area contributed by atoms with Crippen molar-refractivity contribution in [1.29, 1.82) is 0 Å². The van der Waals surface area contributed by atoms with Crippen molar-refractivity contribution in [2.75, 3.05) is 0 Å². The standard InChI is InChI=1S/C18H21NO/c1-13-7-6-8-14(2)17(13)11-16(20)12-18(19)15-9-4-3-5-10-15/h3-10,18H,11-12,19H2,1-2H3. The Morgan fingerprint density at radius 1 is 1.00 bits per heavy atom. The van der Waals surface area contributed by atoms with Crippen molar-refractivity contribution in [3.63, 3.8) is 0 Å². The molecule has 2 aromatic carbocycles. The molecule has 0 aromatic heterocycles. The molecular formula is C18H21NO. The molecular weight excluding hydrogens is 246 g/mol. The molecule has 0 aliphatic heterocycles. The number of carbonyl (C=O) groups excluding carboxylic acids is 1. The first-order valence-electron chi connectivity index (χ1n) is 6.95. The molecule has 1 unspecified atom stereocenters. The fraction of sp³-hybridized carbons (Fsp3) is 0.278. The molecule has 2 heteroatoms. The molecule has 0 aliphatic rings. The van der Waals surface area contributed by atoms with Crippen LogP contribution in [-0.4, -0.2) is 5.78 Å². The van der Waals surface area contributed by atoms with Crippen LogP contribution in [0, 0.1) is 13.8 Å². The van der Waals surface area contributed by atoms with Gasteiger partial charge < -0.3 is 5.73 Å². The number of Topliss-reactive ketones (excluding diaryl/α,β-unsaturated/α-hetero) is 1. The van der Waals surface area contributed by atoms with E-state index in [-0.39, 0.29) is 11.8 Å². The Hall–Kier alpha value is -1.93. The third-order valence-electron chi connectivity index (χ3n) is 3.69. The van der Waals surface area contributed by atoms with Gasteiger partial charge in [0.15, 0.2) is 0 Å². The number of rotatable bonds is 5. The van der Waals surface area contributed by atoms with E-state index in [1.54, 1.807) is 0 Å². The molecule has 0 saturated carbocycles. The van der Waals surface area contributed by atoms with Crippen LogP contribution in [0.2, 0.25) is 0 Å². The smallest absolute Gasteiger partial charge is 0.139 e. The first-order valence-corrected chi connectivity index (χ1v) is 6.95. The van der Waals surface area contributed by atoms with E-state index in [4.69, 9.17) is 5.73 Å². The number of ketones is 1. The maximum atomic E-state index is 12.2. The Balaban J connectivity index is 2.03. The topological polar surface area (TPSA) is 43.1 Å². The number of aryl methyl sites for hydroxylation is 2. The highest BCUT2D eigenvalue weighted by Crippen LogP contribution is 2.18. The second-order valence-corrected chi connectivity index (χ2v) is 5.31. The zero-order valence-corrected chi connectivity index (χ0v) is 12.1. The molecule has 0 spiro atoms. The van der Waals surface area contributed by atoms with Crippen LogP contribution in [0.15, 0.2) is 48.5 Å². The van der Waals surface area contributed by atoms with Crippen LogP contribution < -0.4 is 5.73 Å². The van der Waals surface area contributed by atoms with Crippen LogP contribution in [-0.2, 0) is 11.2 Å². The monoisotopic (exact) mass is 267 g/mol. The first-order chi connectivity index (χ1) is 9.58. The minimum absolute atomic E-state index is 0.193. The van der Waals surface area contributed by atoms with Gasteiger partial charge in [-0.1, -0.05) is 48.5 Å². The van der Waals surface area contributed by atoms with E-state index in [1.807, 2.05) is 62.4 Å². The van der Waals surface area contributed by atoms with Crippen molar-refractivity contribution in [2.45, 2.75) is 32.7 Å². The first kappa shape index (κ1) is 14.5. The van der Waals surface area contributed by atoms with Gasteiger partial charge in [-0.05, 0) is 36.1 Å². The average molecular weight is 267 g/mol. The normalized spacial score (nSPS) is 12.2. The van der Waals surface area contributed by atoms with Crippen LogP contribution in [0.25, 0.3) is 0 Å². The molecule has 0 amide bonds. The number of hydrogen-bond acceptors (Lipinski definition) is 2. The molecule has 0 radical (unpaired) electrons. The largest absolute Gasteiger partial charge is 0.324 e. The second kappa shape index (κ2) is 6.49. The minimum Gasteiger partial charge on any atom is -0.324 e. The van der Waals surface area contributed by atoms with Crippen molar-refractivity contribution in [3.05, 3.63) is 70.8 Å². The molecule has 0 saturated heterocycles. The molecule has 0 aliphatic carbocycles. The molecule has 20 heavy (non-hydrogen) atoms. The fourth-order valence-corrected chi connectivity index (χ4v) is 2.46. The highest BCUT2D eigenvalue weighted by Gasteiger charge is 2.13. The Kier molecular flexibility index (Phi) is 4.70. The fourth-order valence-electron chi connectivity index (χ4n) is 2.46. The molecule has 2 N–H and O–H groups in total. The van der Waals surface area contributed by atoms with Crippen LogP contribution in [0.3, 0.4) is 0 Å². The summed E-state index contributed by atoms with van der Waals surface area (Å²) in [4.78, 5) is 12.2. The van der Waals surface area contributed by atoms with E-state index in [0.717, 1.165) is 11.1 Å². The van der Waals surface area contributed by atoms with Crippen LogP contribution >= 0.6 is 0 Å². The summed E-state index contributed by atoms with van der Waals surface area (Å²) in [5.74, 6) is 0.193. The summed E-state index contributed by atoms with van der Waals surface area (Å²) < 4.78 is 0. The molecule has 2 aromatic rings. The average Bonchev–Trinajstić information content (AvgIpc) is 2.44. The van der Waals surface area contributed by atoms with Gasteiger partial charge in [-0.15, -0.1) is 0 Å². The van der Waals surface area contributed by atoms with E-state index >= 15 is 0 Å². The van der Waals surface area contributed by atoms with Crippen LogP contribution in [0.5, 0.6) is 0 Å². The summed E-state index contributed by atoms with van der Waals surface area (Å²) in [6.07, 6.45) is 0.858. The predicted octanol–water partition coefficient (Wildman–Crippen LogP) is 3.51. The maximum Gasteiger partial charge on any atom is 0.139 e. The van der Waals surface area contributed by atoms with Gasteiger partial charge in [-0.25, -0.2) is 0 Å². The van der Waals surface area contributed by atoms with Crippen LogP contribution in [0.4, 0.5) is 0 Å². The summed E-state index contributed by atoms with van der Waals surface area (Å²) >= 11 is 0. The number of benzene rings is 2. The van der Waals surface area contributed by atoms with E-state index in [0.29, 0.717) is 12.8 Å². The Morgan fingerprint density at radius 3 is 2.20 bits per heavy atom. The quantitative estimate of drug-likeness (QED) is 0.901. The zero-order valence-electron chi connectivity index (χ0n) is 12.1. The van der Waals surface area contributed by atoms with Crippen molar-refractivity contribution < 1.29 is 4.79 Å². The summed E-state index contributed by atoms with van der Waals surface area (Å²) in [5.41, 5.74) is 10.6. The minimum atomic E-state index is -0.215. The second-order valence-electron chi connectivity index (χ2n) is 5.31. The lowest BCUT2D eigenvalue weighted by Crippen LogP contribution is -2.17. The van der Waals surface area contributed by atoms with Gasteiger partial charge in [0.25, 0.3) is 0 Å². The highest BCUT2D eigenvalue weighted by atomic mass is 16.1. The zero-order chi connectivity index (χ0) is 14.5. The molecule has 2 nitrogen and oxygen atoms in total. The molecule has 2 rings (SSSR count). The summed E-state index contributed by atoms with van der Waals surface area (Å²) in [6, 6.07) is 15.7. The Labute approximate surface area is 120 Å². The molecule has 1 atom stereocenters. The predicted molar refractivity (Wildman–Crippen MR) is 82.6 cm³/mol. The van der Waals surface area contributed by atoms with Crippen molar-refractivity contribution in [2.24, 2.45) is 5.73 Å². The number of carbonyl (C=O) groups is 1. The van der Waals surface area contributed by atoms with Crippen molar-refractivity contribution in [1.82, 2.24) is 0 Å². The number of nitrogens with two attached hydrogens (primary N) is 1. The van der Waals surface area contributed by atoms with Gasteiger partial charge in [0.05, 0.1) is 0 Å². The van der Waals surface area contributed by atoms with Gasteiger partial charge in [0, 0.05) is 18.9 Å². The highest BCUT2D eigenvalue weighted by molar-refractivity contribution is 5.82. The van der Waals surface area contributed by atoms with E-state index in [9.17, 15) is 4.79 Å². The molecule has 0 heterocycles. The van der Waals surface area contributed by atoms with Crippen molar-refractivity contribution in [3.8, 4) is 0 Å². The Bertz CT molecular complexity index is 569. The maximum absolute atomic E-state index is 12.2. The third kappa shape index (κ3) is 3.55. The van der Waals surface area contributed by atoms with Crippen molar-refractivity contribution >= 4 is 5.78 Å². The van der Waals surface area contributed by atoms with Crippen LogP contribution in [0.1, 0.15) is 34.7 Å². The van der Waals surface area contributed by atoms with Gasteiger partial charge in [0.1, 0.15) is 5.78 Å². The third-order valence-corrected chi connectivity index (χ3v) is 3.69. The summed E-state index contributed by atoms with van der Waals surface area (Å²) in [5, 5.41) is 0. The van der Waals surface area contributed by atoms with Gasteiger partial charge >= 0.3 is 0 Å². The van der Waals surface area contributed by atoms with E-state index in [1.165, 1.54) is 11.1 Å². The SMILES string of the molecule is Cc1cccc(C)c1CC(=O)CC(N)c1ccccc1. The lowest BCUT2D eigenvalue weighted by molar-refractivity contribution is -0.118. The molecule has 0 bridgehead atoms. The number of hydrogen-bond donors (Lipinski definition) is 1. The Morgan fingerprint density at radius 2 is 1.60 bits per heavy atom.